The van der Waals surface area contributed by atoms with Crippen LogP contribution in [0.15, 0.2) is 12.3 Å². The van der Waals surface area contributed by atoms with Gasteiger partial charge in [-0.05, 0) is 31.4 Å². The first-order valence-electron chi connectivity index (χ1n) is 6.29. The van der Waals surface area contributed by atoms with E-state index in [1.165, 1.54) is 0 Å². The second-order valence-corrected chi connectivity index (χ2v) is 4.61. The summed E-state index contributed by atoms with van der Waals surface area (Å²) >= 11 is 0. The first-order chi connectivity index (χ1) is 8.20. The number of aromatic nitrogens is 1. The van der Waals surface area contributed by atoms with Crippen molar-refractivity contribution >= 4 is 11.5 Å². The Morgan fingerprint density at radius 2 is 2.41 bits per heavy atom. The zero-order chi connectivity index (χ0) is 12.3. The number of hydrogen-bond donors (Lipinski definition) is 1. The number of nitrogens with zero attached hydrogens (tertiary/aromatic N) is 2. The first-order valence-corrected chi connectivity index (χ1v) is 6.29. The molecule has 2 rings (SSSR count). The van der Waals surface area contributed by atoms with E-state index in [0.29, 0.717) is 6.10 Å². The van der Waals surface area contributed by atoms with Crippen LogP contribution in [0.4, 0.5) is 11.5 Å². The van der Waals surface area contributed by atoms with Crippen molar-refractivity contribution in [3.8, 4) is 0 Å². The third kappa shape index (κ3) is 2.88. The van der Waals surface area contributed by atoms with Gasteiger partial charge in [0.15, 0.2) is 0 Å². The average Bonchev–Trinajstić information content (AvgIpc) is 2.54. The molecule has 94 valence electrons. The zero-order valence-electron chi connectivity index (χ0n) is 10.6. The van der Waals surface area contributed by atoms with E-state index < -0.39 is 0 Å². The fourth-order valence-electron chi connectivity index (χ4n) is 2.25. The smallest absolute Gasteiger partial charge is 0.131 e. The summed E-state index contributed by atoms with van der Waals surface area (Å²) in [4.78, 5) is 6.77. The molecular weight excluding hydrogens is 214 g/mol. The fraction of sp³-hybridized carbons (Fsp3) is 0.615. The molecule has 0 bridgehead atoms. The van der Waals surface area contributed by atoms with Crippen molar-refractivity contribution in [2.75, 3.05) is 30.3 Å². The highest BCUT2D eigenvalue weighted by Crippen LogP contribution is 2.21. The maximum absolute atomic E-state index is 5.77. The first kappa shape index (κ1) is 12.2. The van der Waals surface area contributed by atoms with Crippen molar-refractivity contribution in [2.24, 2.45) is 0 Å². The fourth-order valence-corrected chi connectivity index (χ4v) is 2.25. The minimum atomic E-state index is 0.316. The summed E-state index contributed by atoms with van der Waals surface area (Å²) in [5.41, 5.74) is 7.60. The molecule has 0 spiro atoms. The van der Waals surface area contributed by atoms with Crippen molar-refractivity contribution in [2.45, 2.75) is 32.8 Å². The van der Waals surface area contributed by atoms with E-state index in [1.807, 2.05) is 6.07 Å². The SMILES string of the molecule is CCC1CN(c2ncc(N)cc2C)CCCO1. The molecule has 17 heavy (non-hydrogen) atoms. The van der Waals surface area contributed by atoms with E-state index >= 15 is 0 Å². The number of ether oxygens (including phenoxy) is 1. The summed E-state index contributed by atoms with van der Waals surface area (Å²) in [5.74, 6) is 1.04. The quantitative estimate of drug-likeness (QED) is 0.851. The van der Waals surface area contributed by atoms with Crippen LogP contribution in [0, 0.1) is 6.92 Å². The van der Waals surface area contributed by atoms with Gasteiger partial charge in [0, 0.05) is 19.7 Å². The second kappa shape index (κ2) is 5.36. The van der Waals surface area contributed by atoms with E-state index in [1.54, 1.807) is 6.20 Å². The van der Waals surface area contributed by atoms with E-state index in [4.69, 9.17) is 10.5 Å². The van der Waals surface area contributed by atoms with E-state index in [-0.39, 0.29) is 0 Å². The summed E-state index contributed by atoms with van der Waals surface area (Å²) in [5, 5.41) is 0. The van der Waals surface area contributed by atoms with Gasteiger partial charge >= 0.3 is 0 Å². The van der Waals surface area contributed by atoms with Crippen LogP contribution in [0.25, 0.3) is 0 Å². The summed E-state index contributed by atoms with van der Waals surface area (Å²) in [6, 6.07) is 1.98. The number of pyridine rings is 1. The molecule has 0 radical (unpaired) electrons. The molecule has 4 nitrogen and oxygen atoms in total. The molecule has 1 aromatic heterocycles. The van der Waals surface area contributed by atoms with Gasteiger partial charge in [-0.25, -0.2) is 4.98 Å². The summed E-state index contributed by atoms with van der Waals surface area (Å²) < 4.78 is 5.77. The average molecular weight is 235 g/mol. The van der Waals surface area contributed by atoms with Crippen molar-refractivity contribution in [3.05, 3.63) is 17.8 Å². The van der Waals surface area contributed by atoms with Gasteiger partial charge in [-0.1, -0.05) is 6.92 Å². The Kier molecular flexibility index (Phi) is 3.84. The maximum Gasteiger partial charge on any atom is 0.131 e. The monoisotopic (exact) mass is 235 g/mol. The number of aryl methyl sites for hydroxylation is 1. The third-order valence-electron chi connectivity index (χ3n) is 3.18. The molecule has 4 heteroatoms. The van der Waals surface area contributed by atoms with Gasteiger partial charge in [-0.3, -0.25) is 0 Å². The van der Waals surface area contributed by atoms with Gasteiger partial charge in [0.2, 0.25) is 0 Å². The number of nitrogens with two attached hydrogens (primary N) is 1. The van der Waals surface area contributed by atoms with Crippen LogP contribution in [0.2, 0.25) is 0 Å². The van der Waals surface area contributed by atoms with E-state index in [0.717, 1.165) is 49.6 Å². The Morgan fingerprint density at radius 3 is 3.12 bits per heavy atom. The predicted octanol–water partition coefficient (Wildman–Crippen LogP) is 1.98. The van der Waals surface area contributed by atoms with Crippen LogP contribution in [0.3, 0.4) is 0 Å². The van der Waals surface area contributed by atoms with Gasteiger partial charge in [0.05, 0.1) is 18.0 Å². The molecule has 2 N–H and O–H groups in total. The van der Waals surface area contributed by atoms with Gasteiger partial charge in [-0.15, -0.1) is 0 Å². The highest BCUT2D eigenvalue weighted by atomic mass is 16.5. The van der Waals surface area contributed by atoms with Gasteiger partial charge < -0.3 is 15.4 Å². The molecule has 0 saturated carbocycles. The largest absolute Gasteiger partial charge is 0.397 e. The molecule has 0 aliphatic carbocycles. The van der Waals surface area contributed by atoms with Crippen molar-refractivity contribution in [1.82, 2.24) is 4.98 Å². The molecule has 1 atom stereocenters. The Bertz CT molecular complexity index is 381. The van der Waals surface area contributed by atoms with Crippen LogP contribution in [0.5, 0.6) is 0 Å². The molecule has 2 heterocycles. The predicted molar refractivity (Wildman–Crippen MR) is 70.2 cm³/mol. The summed E-state index contributed by atoms with van der Waals surface area (Å²) in [6.45, 7) is 7.01. The molecule has 1 aliphatic heterocycles. The lowest BCUT2D eigenvalue weighted by Crippen LogP contribution is -2.32. The van der Waals surface area contributed by atoms with Crippen LogP contribution < -0.4 is 10.6 Å². The van der Waals surface area contributed by atoms with Crippen LogP contribution >= 0.6 is 0 Å². The number of hydrogen-bond acceptors (Lipinski definition) is 4. The number of anilines is 2. The minimum Gasteiger partial charge on any atom is -0.397 e. The van der Waals surface area contributed by atoms with Crippen LogP contribution in [-0.2, 0) is 4.74 Å². The van der Waals surface area contributed by atoms with Gasteiger partial charge in [-0.2, -0.15) is 0 Å². The van der Waals surface area contributed by atoms with Gasteiger partial charge in [0.1, 0.15) is 5.82 Å². The molecule has 1 saturated heterocycles. The van der Waals surface area contributed by atoms with Crippen LogP contribution in [0.1, 0.15) is 25.3 Å². The normalized spacial score (nSPS) is 21.3. The highest BCUT2D eigenvalue weighted by molar-refractivity contribution is 5.52. The maximum atomic E-state index is 5.77. The molecule has 1 aliphatic rings. The van der Waals surface area contributed by atoms with Gasteiger partial charge in [0.25, 0.3) is 0 Å². The molecule has 0 aromatic carbocycles. The number of rotatable bonds is 2. The number of nitrogen functional groups attached to an aromatic ring is 1. The lowest BCUT2D eigenvalue weighted by molar-refractivity contribution is 0.0664. The minimum absolute atomic E-state index is 0.316. The van der Waals surface area contributed by atoms with Crippen LogP contribution in [-0.4, -0.2) is 30.8 Å². The van der Waals surface area contributed by atoms with E-state index in [9.17, 15) is 0 Å². The topological polar surface area (TPSA) is 51.4 Å². The van der Waals surface area contributed by atoms with Crippen molar-refractivity contribution in [1.29, 1.82) is 0 Å². The van der Waals surface area contributed by atoms with Crippen molar-refractivity contribution < 1.29 is 4.74 Å². The highest BCUT2D eigenvalue weighted by Gasteiger charge is 2.19. The standard InChI is InChI=1S/C13H21N3O/c1-3-12-9-16(5-4-6-17-12)13-10(2)7-11(14)8-15-13/h7-8,12H,3-6,9,14H2,1-2H3. The Labute approximate surface area is 103 Å². The third-order valence-corrected chi connectivity index (χ3v) is 3.18. The Hall–Kier alpha value is -1.29. The van der Waals surface area contributed by atoms with Crippen molar-refractivity contribution in [3.63, 3.8) is 0 Å². The molecule has 1 unspecified atom stereocenters. The molecule has 1 aromatic rings. The molecular formula is C13H21N3O. The lowest BCUT2D eigenvalue weighted by atomic mass is 10.2. The summed E-state index contributed by atoms with van der Waals surface area (Å²) in [6.07, 6.45) is 4.15. The Morgan fingerprint density at radius 1 is 1.59 bits per heavy atom. The zero-order valence-corrected chi connectivity index (χ0v) is 10.6. The lowest BCUT2D eigenvalue weighted by Gasteiger charge is -2.25. The molecule has 0 amide bonds. The Balaban J connectivity index is 2.19. The van der Waals surface area contributed by atoms with E-state index in [2.05, 4.69) is 23.7 Å². The second-order valence-electron chi connectivity index (χ2n) is 4.61. The molecule has 1 fully saturated rings. The summed E-state index contributed by atoms with van der Waals surface area (Å²) in [7, 11) is 0.